The molecule has 6 amide bonds. The fourth-order valence-corrected chi connectivity index (χ4v) is 10.4. The molecule has 1 aromatic rings. The van der Waals surface area contributed by atoms with Gasteiger partial charge in [-0.3, -0.25) is 48.1 Å². The van der Waals surface area contributed by atoms with Crippen LogP contribution in [0.15, 0.2) is 42.5 Å². The molecular weight excluding hydrogens is 947 g/mol. The predicted molar refractivity (Wildman–Crippen MR) is 267 cm³/mol. The third-order valence-corrected chi connectivity index (χ3v) is 14.7. The molecule has 20 nitrogen and oxygen atoms in total. The molecule has 1 saturated heterocycles. The zero-order valence-corrected chi connectivity index (χ0v) is 44.4. The lowest BCUT2D eigenvalue weighted by atomic mass is 9.83. The maximum atomic E-state index is 14.8. The van der Waals surface area contributed by atoms with Gasteiger partial charge in [0, 0.05) is 72.2 Å². The Balaban J connectivity index is 1.85. The van der Waals surface area contributed by atoms with E-state index in [1.807, 2.05) is 19.9 Å². The van der Waals surface area contributed by atoms with Gasteiger partial charge in [0.25, 0.3) is 11.8 Å². The molecule has 3 rings (SSSR count). The molecule has 0 spiro atoms. The van der Waals surface area contributed by atoms with Crippen LogP contribution in [0.1, 0.15) is 112 Å². The maximum absolute atomic E-state index is 14.8. The topological polar surface area (TPSA) is 275 Å². The van der Waals surface area contributed by atoms with Crippen LogP contribution in [0.2, 0.25) is 0 Å². The first-order valence-electron chi connectivity index (χ1n) is 25.3. The summed E-state index contributed by atoms with van der Waals surface area (Å²) >= 11 is 0. The van der Waals surface area contributed by atoms with E-state index in [1.165, 1.54) is 26.2 Å². The van der Waals surface area contributed by atoms with Gasteiger partial charge in [-0.2, -0.15) is 0 Å². The van der Waals surface area contributed by atoms with Crippen molar-refractivity contribution in [1.29, 1.82) is 0 Å². The van der Waals surface area contributed by atoms with Crippen LogP contribution in [0.4, 0.5) is 0 Å². The van der Waals surface area contributed by atoms with Crippen molar-refractivity contribution in [2.45, 2.75) is 155 Å². The summed E-state index contributed by atoms with van der Waals surface area (Å²) in [6, 6.07) is 3.88. The van der Waals surface area contributed by atoms with Gasteiger partial charge in [-0.1, -0.05) is 85.2 Å². The smallest absolute Gasteiger partial charge is 0.326 e. The standard InChI is InChI=1S/C53H79N5O15/c1-12-32(6)47(41(72-10)29-44(62)57-26-16-19-38(57)48(73-11)33(7)49(65)54-37(53(70)71)27-34-17-14-13-15-18-34)56(9)50(66)36(30(2)3)28-40(59)46(31(4)5)55(8)51(67)39(58-42(60)23-24-43(58)61)22-20-35(52(68)69)21-25-45(63)64/h13-15,17-18,23-24,30-33,35-39,41,46-48H,12,16,19-22,25-29H2,1-11H3,(H,54,65)(H,63,64)(H,68,69)(H,70,71)/t32-,33+,35?,36+,37-,38-,39?,41+,46-,47-,48-/m0/s1. The molecule has 4 N–H and O–H groups in total. The molecule has 2 heterocycles. The fourth-order valence-electron chi connectivity index (χ4n) is 10.4. The van der Waals surface area contributed by atoms with Crippen molar-refractivity contribution >= 4 is 59.1 Å². The molecule has 406 valence electrons. The van der Waals surface area contributed by atoms with Crippen LogP contribution >= 0.6 is 0 Å². The van der Waals surface area contributed by atoms with E-state index in [0.717, 1.165) is 22.6 Å². The molecule has 0 saturated carbocycles. The molecule has 0 aromatic heterocycles. The Kier molecular flexibility index (Phi) is 23.9. The number of imide groups is 1. The van der Waals surface area contributed by atoms with E-state index >= 15 is 0 Å². The van der Waals surface area contributed by atoms with Gasteiger partial charge < -0.3 is 44.8 Å². The summed E-state index contributed by atoms with van der Waals surface area (Å²) in [6.07, 6.45) is 0.433. The number of methoxy groups -OCH3 is 2. The number of hydrogen-bond acceptors (Lipinski definition) is 12. The number of carbonyl (C=O) groups is 10. The largest absolute Gasteiger partial charge is 0.481 e. The minimum atomic E-state index is -1.51. The zero-order chi connectivity index (χ0) is 55.0. The Morgan fingerprint density at radius 2 is 1.40 bits per heavy atom. The number of carboxylic acids is 3. The van der Waals surface area contributed by atoms with Crippen LogP contribution in [-0.4, -0.2) is 171 Å². The molecule has 11 atom stereocenters. The normalized spacial score (nSPS) is 18.8. The molecule has 0 aliphatic carbocycles. The number of nitrogens with one attached hydrogen (secondary N) is 1. The number of nitrogens with zero attached hydrogens (tertiary/aromatic N) is 4. The van der Waals surface area contributed by atoms with E-state index in [0.29, 0.717) is 30.7 Å². The van der Waals surface area contributed by atoms with Crippen LogP contribution in [0.3, 0.4) is 0 Å². The van der Waals surface area contributed by atoms with Gasteiger partial charge in [0.15, 0.2) is 5.78 Å². The summed E-state index contributed by atoms with van der Waals surface area (Å²) in [7, 11) is 5.86. The first-order valence-corrected chi connectivity index (χ1v) is 25.3. The molecular formula is C53H79N5O15. The second-order valence-electron chi connectivity index (χ2n) is 20.3. The number of Topliss-reactive ketones (excluding diaryl/α,β-unsaturated/α-hetero) is 1. The van der Waals surface area contributed by atoms with Gasteiger partial charge in [-0.15, -0.1) is 0 Å². The molecule has 20 heteroatoms. The highest BCUT2D eigenvalue weighted by Crippen LogP contribution is 2.32. The fraction of sp³-hybridized carbons (Fsp3) is 0.660. The SMILES string of the molecule is CC[C@H](C)[C@@H]([C@@H](CC(=O)N1CCC[C@H]1[C@@H](OC)[C@@H](C)C(=O)N[C@@H](Cc1ccccc1)C(=O)O)OC)N(C)C(=O)[C@H](CC(=O)[C@H](C(C)C)N(C)C(=O)C(CCC(CCC(=O)O)C(=O)O)N1C(=O)C=CC1=O)C(C)C. The number of rotatable bonds is 31. The quantitative estimate of drug-likeness (QED) is 0.0764. The highest BCUT2D eigenvalue weighted by molar-refractivity contribution is 6.15. The summed E-state index contributed by atoms with van der Waals surface area (Å²) in [5.74, 6) is -11.9. The predicted octanol–water partition coefficient (Wildman–Crippen LogP) is 4.07. The number of aliphatic carboxylic acids is 3. The monoisotopic (exact) mass is 1030 g/mol. The number of carbonyl (C=O) groups excluding carboxylic acids is 7. The van der Waals surface area contributed by atoms with Crippen molar-refractivity contribution < 1.29 is 72.7 Å². The van der Waals surface area contributed by atoms with Crippen molar-refractivity contribution in [3.8, 4) is 0 Å². The van der Waals surface area contributed by atoms with E-state index in [9.17, 15) is 63.3 Å². The van der Waals surface area contributed by atoms with E-state index in [2.05, 4.69) is 5.32 Å². The summed E-state index contributed by atoms with van der Waals surface area (Å²) in [5, 5.41) is 31.6. The maximum Gasteiger partial charge on any atom is 0.326 e. The molecule has 2 aliphatic rings. The van der Waals surface area contributed by atoms with Crippen molar-refractivity contribution in [3.63, 3.8) is 0 Å². The number of carboxylic acid groups (broad SMARTS) is 3. The first-order chi connectivity index (χ1) is 34.3. The second kappa shape index (κ2) is 28.4. The van der Waals surface area contributed by atoms with Crippen molar-refractivity contribution in [1.82, 2.24) is 24.9 Å². The molecule has 73 heavy (non-hydrogen) atoms. The number of likely N-dealkylation sites (tertiary alicyclic amines) is 1. The van der Waals surface area contributed by atoms with Crippen LogP contribution in [0.5, 0.6) is 0 Å². The second-order valence-corrected chi connectivity index (χ2v) is 20.3. The number of ketones is 1. The number of amides is 6. The molecule has 0 bridgehead atoms. The average Bonchev–Trinajstić information content (AvgIpc) is 3.96. The van der Waals surface area contributed by atoms with Crippen molar-refractivity contribution in [2.24, 2.45) is 35.5 Å². The minimum Gasteiger partial charge on any atom is -0.481 e. The van der Waals surface area contributed by atoms with Gasteiger partial charge in [0.2, 0.25) is 23.6 Å². The van der Waals surface area contributed by atoms with Crippen LogP contribution < -0.4 is 5.32 Å². The van der Waals surface area contributed by atoms with Crippen molar-refractivity contribution in [2.75, 3.05) is 34.9 Å². The average molecular weight is 1030 g/mol. The Hall–Kier alpha value is -6.02. The summed E-state index contributed by atoms with van der Waals surface area (Å²) in [6.45, 7) is 12.9. The van der Waals surface area contributed by atoms with Gasteiger partial charge in [0.1, 0.15) is 12.1 Å². The minimum absolute atomic E-state index is 0.0732. The molecule has 0 radical (unpaired) electrons. The molecule has 2 unspecified atom stereocenters. The number of benzene rings is 1. The van der Waals surface area contributed by atoms with Gasteiger partial charge in [-0.25, -0.2) is 4.79 Å². The summed E-state index contributed by atoms with van der Waals surface area (Å²) in [5.41, 5.74) is 0.737. The van der Waals surface area contributed by atoms with Crippen LogP contribution in [0, 0.1) is 35.5 Å². The van der Waals surface area contributed by atoms with E-state index in [1.54, 1.807) is 70.8 Å². The first kappa shape index (κ1) is 61.3. The summed E-state index contributed by atoms with van der Waals surface area (Å²) in [4.78, 5) is 138. The third kappa shape index (κ3) is 16.2. The Morgan fingerprint density at radius 1 is 0.781 bits per heavy atom. The number of ether oxygens (including phenoxy) is 2. The highest BCUT2D eigenvalue weighted by atomic mass is 16.5. The van der Waals surface area contributed by atoms with E-state index in [4.69, 9.17) is 9.47 Å². The van der Waals surface area contributed by atoms with Crippen molar-refractivity contribution in [3.05, 3.63) is 48.0 Å². The van der Waals surface area contributed by atoms with E-state index < -0.39 is 132 Å². The van der Waals surface area contributed by atoms with E-state index in [-0.39, 0.29) is 50.4 Å². The van der Waals surface area contributed by atoms with Gasteiger partial charge in [0.05, 0.1) is 48.6 Å². The Bertz CT molecular complexity index is 2130. The lowest BCUT2D eigenvalue weighted by molar-refractivity contribution is -0.153. The molecule has 2 aliphatic heterocycles. The number of hydrogen-bond donors (Lipinski definition) is 4. The third-order valence-electron chi connectivity index (χ3n) is 14.7. The molecule has 1 fully saturated rings. The Labute approximate surface area is 429 Å². The lowest BCUT2D eigenvalue weighted by Gasteiger charge is -2.41. The highest BCUT2D eigenvalue weighted by Gasteiger charge is 2.45. The zero-order valence-electron chi connectivity index (χ0n) is 44.4. The van der Waals surface area contributed by atoms with Crippen LogP contribution in [0.25, 0.3) is 0 Å². The van der Waals surface area contributed by atoms with Gasteiger partial charge >= 0.3 is 17.9 Å². The molecule has 1 aromatic carbocycles. The lowest BCUT2D eigenvalue weighted by Crippen LogP contribution is -2.56. The number of likely N-dealkylation sites (N-methyl/N-ethyl adjacent to an activating group) is 2. The Morgan fingerprint density at radius 3 is 1.90 bits per heavy atom. The summed E-state index contributed by atoms with van der Waals surface area (Å²) < 4.78 is 11.9. The van der Waals surface area contributed by atoms with Crippen LogP contribution in [-0.2, 0) is 63.8 Å². The van der Waals surface area contributed by atoms with Gasteiger partial charge in [-0.05, 0) is 55.4 Å².